The zero-order valence-electron chi connectivity index (χ0n) is 9.47. The highest BCUT2D eigenvalue weighted by Gasteiger charge is 2.17. The quantitative estimate of drug-likeness (QED) is 0.901. The fourth-order valence-corrected chi connectivity index (χ4v) is 1.88. The van der Waals surface area contributed by atoms with Gasteiger partial charge in [-0.2, -0.15) is 9.78 Å². The molecule has 0 spiro atoms. The van der Waals surface area contributed by atoms with Crippen molar-refractivity contribution in [2.75, 3.05) is 0 Å². The molecular weight excluding hydrogens is 240 g/mol. The number of hydrogen-bond acceptors (Lipinski definition) is 4. The minimum Gasteiger partial charge on any atom is -0.391 e. The average Bonchev–Trinajstić information content (AvgIpc) is 2.67. The molecule has 0 radical (unpaired) electrons. The van der Waals surface area contributed by atoms with Gasteiger partial charge in [0.2, 0.25) is 0 Å². The van der Waals surface area contributed by atoms with Crippen LogP contribution >= 0.6 is 11.6 Å². The lowest BCUT2D eigenvalue weighted by Gasteiger charge is -1.99. The van der Waals surface area contributed by atoms with Crippen LogP contribution in [0.5, 0.6) is 0 Å². The minimum atomic E-state index is -0.124. The topological polar surface area (TPSA) is 63.8 Å². The van der Waals surface area contributed by atoms with Crippen molar-refractivity contribution >= 4 is 11.6 Å². The van der Waals surface area contributed by atoms with Crippen molar-refractivity contribution in [2.24, 2.45) is 0 Å². The summed E-state index contributed by atoms with van der Waals surface area (Å²) in [6.07, 6.45) is 4.96. The van der Waals surface area contributed by atoms with E-state index in [4.69, 9.17) is 11.6 Å². The van der Waals surface area contributed by atoms with Crippen molar-refractivity contribution in [3.63, 3.8) is 0 Å². The molecular formula is C11H13ClN4O. The lowest BCUT2D eigenvalue weighted by molar-refractivity contribution is 0.280. The maximum atomic E-state index is 9.31. The Morgan fingerprint density at radius 1 is 1.35 bits per heavy atom. The zero-order chi connectivity index (χ0) is 12.3. The van der Waals surface area contributed by atoms with E-state index in [9.17, 15) is 5.11 Å². The first-order valence-electron chi connectivity index (χ1n) is 5.42. The van der Waals surface area contributed by atoms with Gasteiger partial charge >= 0.3 is 0 Å². The Hall–Kier alpha value is -1.46. The van der Waals surface area contributed by atoms with E-state index in [2.05, 4.69) is 15.1 Å². The molecule has 0 aliphatic rings. The molecule has 2 aromatic heterocycles. The molecule has 0 saturated carbocycles. The molecule has 90 valence electrons. The largest absolute Gasteiger partial charge is 0.391 e. The van der Waals surface area contributed by atoms with E-state index in [1.807, 2.05) is 6.92 Å². The van der Waals surface area contributed by atoms with Crippen LogP contribution in [-0.4, -0.2) is 24.9 Å². The molecule has 6 heteroatoms. The van der Waals surface area contributed by atoms with Gasteiger partial charge < -0.3 is 5.11 Å². The third-order valence-electron chi connectivity index (χ3n) is 2.39. The fraction of sp³-hybridized carbons (Fsp3) is 0.364. The van der Waals surface area contributed by atoms with Crippen LogP contribution in [0.15, 0.2) is 18.5 Å². The van der Waals surface area contributed by atoms with Crippen molar-refractivity contribution in [2.45, 2.75) is 26.4 Å². The highest BCUT2D eigenvalue weighted by molar-refractivity contribution is 6.30. The SMILES string of the molecule is CCCc1nn(-c2ncccn2)c(Cl)c1CO. The minimum absolute atomic E-state index is 0.124. The first kappa shape index (κ1) is 12.0. The molecule has 1 N–H and O–H groups in total. The van der Waals surface area contributed by atoms with Crippen molar-refractivity contribution in [1.29, 1.82) is 0 Å². The molecule has 0 fully saturated rings. The number of rotatable bonds is 4. The molecule has 17 heavy (non-hydrogen) atoms. The normalized spacial score (nSPS) is 10.8. The lowest BCUT2D eigenvalue weighted by Crippen LogP contribution is -2.02. The Bertz CT molecular complexity index is 498. The predicted octanol–water partition coefficient (Wildman–Crippen LogP) is 1.76. The van der Waals surface area contributed by atoms with E-state index in [0.29, 0.717) is 16.7 Å². The first-order chi connectivity index (χ1) is 8.27. The second-order valence-electron chi connectivity index (χ2n) is 3.58. The number of aromatic nitrogens is 4. The Kier molecular flexibility index (Phi) is 3.71. The zero-order valence-corrected chi connectivity index (χ0v) is 10.2. The van der Waals surface area contributed by atoms with Crippen molar-refractivity contribution in [3.8, 4) is 5.95 Å². The van der Waals surface area contributed by atoms with Gasteiger partial charge in [-0.1, -0.05) is 24.9 Å². The molecule has 0 aliphatic carbocycles. The molecule has 0 aromatic carbocycles. The van der Waals surface area contributed by atoms with Crippen LogP contribution in [0.4, 0.5) is 0 Å². The van der Waals surface area contributed by atoms with Crippen LogP contribution in [0.25, 0.3) is 5.95 Å². The smallest absolute Gasteiger partial charge is 0.251 e. The van der Waals surface area contributed by atoms with E-state index in [0.717, 1.165) is 18.5 Å². The second kappa shape index (κ2) is 5.25. The molecule has 2 heterocycles. The van der Waals surface area contributed by atoms with E-state index in [-0.39, 0.29) is 6.61 Å². The van der Waals surface area contributed by atoms with Crippen molar-refractivity contribution < 1.29 is 5.11 Å². The third-order valence-corrected chi connectivity index (χ3v) is 2.78. The van der Waals surface area contributed by atoms with Crippen LogP contribution in [0.3, 0.4) is 0 Å². The number of aryl methyl sites for hydroxylation is 1. The van der Waals surface area contributed by atoms with E-state index in [1.165, 1.54) is 4.68 Å². The molecule has 0 bridgehead atoms. The van der Waals surface area contributed by atoms with Gasteiger partial charge in [0.15, 0.2) is 0 Å². The van der Waals surface area contributed by atoms with Crippen LogP contribution in [-0.2, 0) is 13.0 Å². The van der Waals surface area contributed by atoms with E-state index in [1.54, 1.807) is 18.5 Å². The van der Waals surface area contributed by atoms with Crippen LogP contribution in [0.1, 0.15) is 24.6 Å². The summed E-state index contributed by atoms with van der Waals surface area (Å²) in [6, 6.07) is 1.72. The number of nitrogens with zero attached hydrogens (tertiary/aromatic N) is 4. The average molecular weight is 253 g/mol. The van der Waals surface area contributed by atoms with Gasteiger partial charge in [-0.3, -0.25) is 0 Å². The first-order valence-corrected chi connectivity index (χ1v) is 5.80. The highest BCUT2D eigenvalue weighted by atomic mass is 35.5. The summed E-state index contributed by atoms with van der Waals surface area (Å²) < 4.78 is 1.46. The molecule has 0 saturated heterocycles. The maximum absolute atomic E-state index is 9.31. The van der Waals surface area contributed by atoms with Crippen LogP contribution in [0.2, 0.25) is 5.15 Å². The van der Waals surface area contributed by atoms with E-state index < -0.39 is 0 Å². The predicted molar refractivity (Wildman–Crippen MR) is 64.1 cm³/mol. The third kappa shape index (κ3) is 2.30. The maximum Gasteiger partial charge on any atom is 0.251 e. The van der Waals surface area contributed by atoms with Crippen LogP contribution < -0.4 is 0 Å². The van der Waals surface area contributed by atoms with Gasteiger partial charge in [-0.15, -0.1) is 0 Å². The molecule has 2 aromatic rings. The molecule has 0 amide bonds. The highest BCUT2D eigenvalue weighted by Crippen LogP contribution is 2.23. The van der Waals surface area contributed by atoms with E-state index >= 15 is 0 Å². The molecule has 0 unspecified atom stereocenters. The molecule has 0 aliphatic heterocycles. The van der Waals surface area contributed by atoms with Crippen molar-refractivity contribution in [1.82, 2.24) is 19.7 Å². The van der Waals surface area contributed by atoms with Crippen molar-refractivity contribution in [3.05, 3.63) is 34.9 Å². The Morgan fingerprint density at radius 3 is 2.65 bits per heavy atom. The lowest BCUT2D eigenvalue weighted by atomic mass is 10.2. The number of aliphatic hydroxyl groups is 1. The second-order valence-corrected chi connectivity index (χ2v) is 3.94. The summed E-state index contributed by atoms with van der Waals surface area (Å²) >= 11 is 6.16. The van der Waals surface area contributed by atoms with Gasteiger partial charge in [0, 0.05) is 18.0 Å². The summed E-state index contributed by atoms with van der Waals surface area (Å²) in [5, 5.41) is 14.0. The van der Waals surface area contributed by atoms with Crippen LogP contribution in [0, 0.1) is 0 Å². The van der Waals surface area contributed by atoms with Gasteiger partial charge in [0.25, 0.3) is 5.95 Å². The summed E-state index contributed by atoms with van der Waals surface area (Å²) in [7, 11) is 0. The summed E-state index contributed by atoms with van der Waals surface area (Å²) in [4.78, 5) is 8.16. The Balaban J connectivity index is 2.49. The Morgan fingerprint density at radius 2 is 2.06 bits per heavy atom. The number of halogens is 1. The number of aliphatic hydroxyl groups excluding tert-OH is 1. The molecule has 0 atom stereocenters. The fourth-order valence-electron chi connectivity index (χ4n) is 1.60. The van der Waals surface area contributed by atoms with Gasteiger partial charge in [0.05, 0.1) is 12.3 Å². The summed E-state index contributed by atoms with van der Waals surface area (Å²) in [5.74, 6) is 0.412. The number of hydrogen-bond donors (Lipinski definition) is 1. The van der Waals surface area contributed by atoms with Gasteiger partial charge in [-0.05, 0) is 12.5 Å². The van der Waals surface area contributed by atoms with Gasteiger partial charge in [0.1, 0.15) is 5.15 Å². The molecule has 2 rings (SSSR count). The molecule has 5 nitrogen and oxygen atoms in total. The standard InChI is InChI=1S/C11H13ClN4O/c1-2-4-9-8(7-17)10(12)16(15-9)11-13-5-3-6-14-11/h3,5-6,17H,2,4,7H2,1H3. The van der Waals surface area contributed by atoms with Gasteiger partial charge in [-0.25, -0.2) is 9.97 Å². The summed E-state index contributed by atoms with van der Waals surface area (Å²) in [5.41, 5.74) is 1.45. The Labute approximate surface area is 104 Å². The monoisotopic (exact) mass is 252 g/mol. The summed E-state index contributed by atoms with van der Waals surface area (Å²) in [6.45, 7) is 1.92.